The van der Waals surface area contributed by atoms with Crippen molar-refractivity contribution < 1.29 is 4.74 Å². The number of methoxy groups -OCH3 is 1. The zero-order valence-corrected chi connectivity index (χ0v) is 25.8. The smallest absolute Gasteiger partial charge is 0.130 e. The lowest BCUT2D eigenvalue weighted by molar-refractivity contribution is 0.408. The summed E-state index contributed by atoms with van der Waals surface area (Å²) in [6.45, 7) is 14.6. The van der Waals surface area contributed by atoms with Crippen LogP contribution in [0.4, 0.5) is 0 Å². The Kier molecular flexibility index (Phi) is 7.35. The van der Waals surface area contributed by atoms with E-state index in [2.05, 4.69) is 137 Å². The lowest BCUT2D eigenvalue weighted by atomic mass is 9.82. The maximum Gasteiger partial charge on any atom is 0.130 e. The largest absolute Gasteiger partial charge is 0.496 e. The van der Waals surface area contributed by atoms with Gasteiger partial charge in [0.15, 0.2) is 0 Å². The number of hydrogen-bond acceptors (Lipinski definition) is 1. The van der Waals surface area contributed by atoms with Gasteiger partial charge in [0, 0.05) is 22.6 Å². The van der Waals surface area contributed by atoms with E-state index in [1.807, 2.05) is 7.11 Å². The Hall–Kier alpha value is -3.15. The molecule has 0 bridgehead atoms. The van der Waals surface area contributed by atoms with Crippen molar-refractivity contribution in [3.8, 4) is 5.75 Å². The van der Waals surface area contributed by atoms with Crippen LogP contribution >= 0.6 is 0 Å². The average molecular weight is 532 g/mol. The number of aryl methyl sites for hydroxylation is 1. The molecule has 0 aliphatic heterocycles. The number of fused-ring (bicyclic) bond motifs is 1. The van der Waals surface area contributed by atoms with Crippen LogP contribution in [-0.2, 0) is 0 Å². The third kappa shape index (κ3) is 4.74. The van der Waals surface area contributed by atoms with Crippen LogP contribution < -0.4 is 9.92 Å². The van der Waals surface area contributed by atoms with Gasteiger partial charge in [0.1, 0.15) is 5.75 Å². The summed E-state index contributed by atoms with van der Waals surface area (Å²) >= 11 is 0. The summed E-state index contributed by atoms with van der Waals surface area (Å²) in [4.78, 5) is 0. The molecule has 0 aromatic heterocycles. The highest BCUT2D eigenvalue weighted by molar-refractivity contribution is 6.79. The summed E-state index contributed by atoms with van der Waals surface area (Å²) < 4.78 is 6.51. The topological polar surface area (TPSA) is 9.23 Å². The fourth-order valence-electron chi connectivity index (χ4n) is 6.51. The first-order valence-electron chi connectivity index (χ1n) is 13.6. The molecule has 5 rings (SSSR count). The van der Waals surface area contributed by atoms with Gasteiger partial charge in [0.2, 0.25) is 0 Å². The molecule has 1 unspecified atom stereocenters. The van der Waals surface area contributed by atoms with Crippen molar-refractivity contribution in [2.24, 2.45) is 0 Å². The van der Waals surface area contributed by atoms with Crippen LogP contribution in [0.1, 0.15) is 50.4 Å². The second-order valence-electron chi connectivity index (χ2n) is 11.8. The molecule has 1 radical (unpaired) electrons. The highest BCUT2D eigenvalue weighted by Gasteiger charge is 2.39. The highest BCUT2D eigenvalue weighted by Crippen LogP contribution is 2.51. The average Bonchev–Trinajstić information content (AvgIpc) is 3.30. The van der Waals surface area contributed by atoms with E-state index in [-0.39, 0.29) is 5.92 Å². The van der Waals surface area contributed by atoms with Crippen LogP contribution in [0.2, 0.25) is 32.7 Å². The number of hydrogen-bond donors (Lipinski definition) is 0. The van der Waals surface area contributed by atoms with Gasteiger partial charge < -0.3 is 4.74 Å². The molecule has 4 aromatic carbocycles. The first kappa shape index (κ1) is 26.5. The van der Waals surface area contributed by atoms with Gasteiger partial charge in [-0.1, -0.05) is 134 Å². The summed E-state index contributed by atoms with van der Waals surface area (Å²) in [7, 11) is -0.514. The normalized spacial score (nSPS) is 15.1. The molecule has 38 heavy (non-hydrogen) atoms. The molecule has 0 spiro atoms. The third-order valence-electron chi connectivity index (χ3n) is 7.88. The van der Waals surface area contributed by atoms with Crippen molar-refractivity contribution in [2.75, 3.05) is 7.11 Å². The van der Waals surface area contributed by atoms with E-state index in [0.717, 1.165) is 5.75 Å². The molecular weight excluding hydrogens is 493 g/mol. The molecule has 1 atom stereocenters. The number of allylic oxidation sites excluding steroid dienone is 1. The molecule has 0 N–H and O–H groups in total. The monoisotopic (exact) mass is 531 g/mol. The Bertz CT molecular complexity index is 1420. The Balaban J connectivity index is 1.85. The molecule has 1 aliphatic rings. The van der Waals surface area contributed by atoms with Crippen molar-refractivity contribution in [2.45, 2.75) is 51.1 Å². The third-order valence-corrected chi connectivity index (χ3v) is 11.9. The van der Waals surface area contributed by atoms with Gasteiger partial charge >= 0.3 is 0 Å². The zero-order chi connectivity index (χ0) is 27.0. The van der Waals surface area contributed by atoms with Crippen LogP contribution in [0.5, 0.6) is 5.75 Å². The molecule has 4 aromatic rings. The van der Waals surface area contributed by atoms with Gasteiger partial charge in [-0.15, -0.1) is 0 Å². The van der Waals surface area contributed by atoms with Gasteiger partial charge in [0.05, 0.1) is 24.0 Å². The van der Waals surface area contributed by atoms with Crippen molar-refractivity contribution >= 4 is 33.7 Å². The second-order valence-corrected chi connectivity index (χ2v) is 19.7. The van der Waals surface area contributed by atoms with Crippen LogP contribution in [-0.4, -0.2) is 24.0 Å². The Morgan fingerprint density at radius 2 is 1.34 bits per heavy atom. The lowest BCUT2D eigenvalue weighted by Crippen LogP contribution is -2.34. The van der Waals surface area contributed by atoms with Gasteiger partial charge in [-0.05, 0) is 40.8 Å². The standard InChI is InChI=1S/C35H39OSi2/c1-24-22-29(30-23-27-20-14-15-21-28(27)35(30)38(5,6)7)33(36-2)32(34(24)37(3)4)31(25-16-10-8-11-17-25)26-18-12-9-13-19-26/h8-23,31,35H,1-7H3. The zero-order valence-electron chi connectivity index (χ0n) is 23.8. The fourth-order valence-corrected chi connectivity index (χ4v) is 10.5. The number of benzene rings is 4. The number of rotatable bonds is 7. The minimum Gasteiger partial charge on any atom is -0.496 e. The first-order chi connectivity index (χ1) is 18.2. The Morgan fingerprint density at radius 3 is 1.87 bits per heavy atom. The van der Waals surface area contributed by atoms with E-state index in [1.165, 1.54) is 49.7 Å². The van der Waals surface area contributed by atoms with Crippen molar-refractivity contribution in [3.05, 3.63) is 130 Å². The molecule has 0 fully saturated rings. The summed E-state index contributed by atoms with van der Waals surface area (Å²) in [5.74, 6) is 1.16. The summed E-state index contributed by atoms with van der Waals surface area (Å²) in [6, 6.07) is 33.4. The van der Waals surface area contributed by atoms with E-state index in [0.29, 0.717) is 5.54 Å². The summed E-state index contributed by atoms with van der Waals surface area (Å²) in [5.41, 5.74) is 11.3. The van der Waals surface area contributed by atoms with E-state index < -0.39 is 16.9 Å². The molecule has 1 nitrogen and oxygen atoms in total. The maximum absolute atomic E-state index is 6.51. The molecule has 3 heteroatoms. The minimum absolute atomic E-state index is 0.107. The van der Waals surface area contributed by atoms with Crippen LogP contribution in [0, 0.1) is 6.92 Å². The molecule has 0 amide bonds. The van der Waals surface area contributed by atoms with E-state index in [1.54, 1.807) is 0 Å². The number of ether oxygens (including phenoxy) is 1. The Morgan fingerprint density at radius 1 is 0.789 bits per heavy atom. The summed E-state index contributed by atoms with van der Waals surface area (Å²) in [5, 5.41) is 1.49. The molecule has 0 heterocycles. The molecule has 0 saturated heterocycles. The van der Waals surface area contributed by atoms with Crippen LogP contribution in [0.3, 0.4) is 0 Å². The van der Waals surface area contributed by atoms with Crippen LogP contribution in [0.25, 0.3) is 11.6 Å². The van der Waals surface area contributed by atoms with Crippen molar-refractivity contribution in [1.29, 1.82) is 0 Å². The first-order valence-corrected chi connectivity index (χ1v) is 19.7. The van der Waals surface area contributed by atoms with Gasteiger partial charge in [0.25, 0.3) is 0 Å². The molecular formula is C35H39OSi2. The van der Waals surface area contributed by atoms with E-state index in [9.17, 15) is 0 Å². The van der Waals surface area contributed by atoms with Crippen molar-refractivity contribution in [3.63, 3.8) is 0 Å². The minimum atomic E-state index is -1.60. The molecule has 193 valence electrons. The van der Waals surface area contributed by atoms with E-state index in [4.69, 9.17) is 4.74 Å². The van der Waals surface area contributed by atoms with Crippen LogP contribution in [0.15, 0.2) is 91.0 Å². The lowest BCUT2D eigenvalue weighted by Gasteiger charge is -2.33. The SMILES string of the molecule is COc1c(C2=Cc3ccccc3C2[Si](C)(C)C)cc(C)c([Si](C)C)c1C(c1ccccc1)c1ccccc1. The van der Waals surface area contributed by atoms with Gasteiger partial charge in [-0.3, -0.25) is 0 Å². The Labute approximate surface area is 231 Å². The summed E-state index contributed by atoms with van der Waals surface area (Å²) in [6.07, 6.45) is 2.45. The highest BCUT2D eigenvalue weighted by atomic mass is 28.3. The second kappa shape index (κ2) is 10.5. The predicted molar refractivity (Wildman–Crippen MR) is 169 cm³/mol. The molecule has 1 aliphatic carbocycles. The maximum atomic E-state index is 6.51. The quantitative estimate of drug-likeness (QED) is 0.171. The van der Waals surface area contributed by atoms with Crippen molar-refractivity contribution in [1.82, 2.24) is 0 Å². The van der Waals surface area contributed by atoms with Gasteiger partial charge in [-0.2, -0.15) is 0 Å². The van der Waals surface area contributed by atoms with E-state index >= 15 is 0 Å². The molecule has 0 saturated carbocycles. The fraction of sp³-hybridized carbons (Fsp3) is 0.257. The van der Waals surface area contributed by atoms with Gasteiger partial charge in [-0.25, -0.2) is 0 Å². The predicted octanol–water partition coefficient (Wildman–Crippen LogP) is 8.66.